The number of allylic oxidation sites excluding steroid dienone is 9. The second-order valence-electron chi connectivity index (χ2n) is 13.3. The van der Waals surface area contributed by atoms with Gasteiger partial charge in [-0.2, -0.15) is 5.26 Å². The summed E-state index contributed by atoms with van der Waals surface area (Å²) in [5, 5.41) is 9.35. The first kappa shape index (κ1) is 27.7. The standard InChI is InChI=1S/C39H42N4/c1-26-19-38-39(20-27(26)2)43(37-15-8-7-14-36(37)42(38)33-11-5-4-6-12-33)34-13-9-10-31(22-34)35-17-16-30(18-28(35)3)32-21-29(23-40)24-41-25-32/h4-8,10-12,14-17,21,24-28,34,36-37H,9,13,18-20,22H2,1-3H3. The summed E-state index contributed by atoms with van der Waals surface area (Å²) in [6.45, 7) is 7.26. The Bertz CT molecular complexity index is 1610. The molecule has 0 fully saturated rings. The molecular weight excluding hydrogens is 524 g/mol. The molecule has 0 bridgehead atoms. The lowest BCUT2D eigenvalue weighted by atomic mass is 9.75. The van der Waals surface area contributed by atoms with Crippen LogP contribution in [0.2, 0.25) is 0 Å². The largest absolute Gasteiger partial charge is 0.361 e. The number of nitrogens with zero attached hydrogens (tertiary/aromatic N) is 4. The molecule has 0 N–H and O–H groups in total. The number of anilines is 1. The Balaban J connectivity index is 1.23. The molecule has 5 aliphatic rings. The van der Waals surface area contributed by atoms with Crippen molar-refractivity contribution in [1.82, 2.24) is 9.88 Å². The summed E-state index contributed by atoms with van der Waals surface area (Å²) in [5.74, 6) is 1.78. The minimum Gasteiger partial charge on any atom is -0.361 e. The number of rotatable bonds is 4. The fourth-order valence-corrected chi connectivity index (χ4v) is 8.10. The molecule has 218 valence electrons. The number of para-hydroxylation sites is 1. The van der Waals surface area contributed by atoms with Crippen LogP contribution in [0.1, 0.15) is 70.4 Å². The van der Waals surface area contributed by atoms with E-state index in [1.807, 2.05) is 12.3 Å². The van der Waals surface area contributed by atoms with E-state index >= 15 is 0 Å². The summed E-state index contributed by atoms with van der Waals surface area (Å²) in [5.41, 5.74) is 10.4. The van der Waals surface area contributed by atoms with Crippen LogP contribution >= 0.6 is 0 Å². The van der Waals surface area contributed by atoms with Crippen molar-refractivity contribution in [3.8, 4) is 6.07 Å². The number of pyridine rings is 1. The van der Waals surface area contributed by atoms with Gasteiger partial charge in [-0.05, 0) is 96.8 Å². The van der Waals surface area contributed by atoms with Crippen molar-refractivity contribution < 1.29 is 0 Å². The number of hydrogen-bond acceptors (Lipinski definition) is 4. The maximum Gasteiger partial charge on any atom is 0.101 e. The van der Waals surface area contributed by atoms with Crippen molar-refractivity contribution in [3.63, 3.8) is 0 Å². The summed E-state index contributed by atoms with van der Waals surface area (Å²) in [4.78, 5) is 9.86. The van der Waals surface area contributed by atoms with Crippen molar-refractivity contribution in [1.29, 1.82) is 5.26 Å². The van der Waals surface area contributed by atoms with Crippen molar-refractivity contribution in [2.24, 2.45) is 17.8 Å². The van der Waals surface area contributed by atoms with Crippen LogP contribution in [0.3, 0.4) is 0 Å². The third-order valence-corrected chi connectivity index (χ3v) is 10.5. The molecule has 4 nitrogen and oxygen atoms in total. The highest BCUT2D eigenvalue weighted by Gasteiger charge is 2.45. The van der Waals surface area contributed by atoms with Gasteiger partial charge in [-0.3, -0.25) is 4.98 Å². The molecular formula is C39H42N4. The van der Waals surface area contributed by atoms with Crippen molar-refractivity contribution in [2.75, 3.05) is 4.90 Å². The van der Waals surface area contributed by atoms with Gasteiger partial charge in [-0.1, -0.05) is 81.5 Å². The third-order valence-electron chi connectivity index (χ3n) is 10.5. The molecule has 0 saturated carbocycles. The summed E-state index contributed by atoms with van der Waals surface area (Å²) < 4.78 is 0. The lowest BCUT2D eigenvalue weighted by molar-refractivity contribution is 0.141. The van der Waals surface area contributed by atoms with Gasteiger partial charge in [-0.25, -0.2) is 0 Å². The first-order chi connectivity index (χ1) is 21.0. The monoisotopic (exact) mass is 566 g/mol. The van der Waals surface area contributed by atoms with Gasteiger partial charge in [0.1, 0.15) is 6.07 Å². The molecule has 2 heterocycles. The second-order valence-corrected chi connectivity index (χ2v) is 13.3. The first-order valence-corrected chi connectivity index (χ1v) is 16.2. The van der Waals surface area contributed by atoms with E-state index in [0.717, 1.165) is 37.7 Å². The highest BCUT2D eigenvalue weighted by atomic mass is 15.3. The third kappa shape index (κ3) is 5.10. The smallest absolute Gasteiger partial charge is 0.101 e. The molecule has 0 spiro atoms. The average molecular weight is 567 g/mol. The number of benzene rings is 1. The van der Waals surface area contributed by atoms with E-state index in [1.54, 1.807) is 17.6 Å². The highest BCUT2D eigenvalue weighted by Crippen LogP contribution is 2.48. The molecule has 1 aromatic carbocycles. The number of nitriles is 1. The predicted molar refractivity (Wildman–Crippen MR) is 176 cm³/mol. The van der Waals surface area contributed by atoms with E-state index in [1.165, 1.54) is 28.8 Å². The van der Waals surface area contributed by atoms with E-state index in [-0.39, 0.29) is 0 Å². The van der Waals surface area contributed by atoms with Crippen molar-refractivity contribution >= 4 is 11.3 Å². The summed E-state index contributed by atoms with van der Waals surface area (Å²) in [7, 11) is 0. The van der Waals surface area contributed by atoms with Crippen LogP contribution in [0.25, 0.3) is 5.57 Å². The van der Waals surface area contributed by atoms with Crippen LogP contribution in [-0.2, 0) is 0 Å². The summed E-state index contributed by atoms with van der Waals surface area (Å²) in [6, 6.07) is 16.4. The van der Waals surface area contributed by atoms with Gasteiger partial charge >= 0.3 is 0 Å². The topological polar surface area (TPSA) is 43.2 Å². The van der Waals surface area contributed by atoms with Gasteiger partial charge in [-0.15, -0.1) is 0 Å². The minimum atomic E-state index is 0.303. The molecule has 7 rings (SSSR count). The summed E-state index contributed by atoms with van der Waals surface area (Å²) >= 11 is 0. The first-order valence-electron chi connectivity index (χ1n) is 16.2. The van der Waals surface area contributed by atoms with E-state index in [4.69, 9.17) is 0 Å². The molecule has 1 aromatic heterocycles. The number of aromatic nitrogens is 1. The van der Waals surface area contributed by atoms with E-state index < -0.39 is 0 Å². The quantitative estimate of drug-likeness (QED) is 0.371. The Morgan fingerprint density at radius 3 is 2.37 bits per heavy atom. The maximum absolute atomic E-state index is 9.35. The Morgan fingerprint density at radius 1 is 0.837 bits per heavy atom. The molecule has 6 unspecified atom stereocenters. The van der Waals surface area contributed by atoms with Crippen molar-refractivity contribution in [3.05, 3.63) is 125 Å². The summed E-state index contributed by atoms with van der Waals surface area (Å²) in [6.07, 6.45) is 26.8. The van der Waals surface area contributed by atoms with E-state index in [2.05, 4.69) is 114 Å². The zero-order chi connectivity index (χ0) is 29.5. The molecule has 4 heteroatoms. The SMILES string of the molecule is CC1CC(c2cncc(C#N)c2)=CC=C1C1=CCCC(N2C3=C(CC(C)C(C)C3)N(c3ccccc3)C3C=CC=CC32)C1. The normalized spacial score (nSPS) is 30.1. The fraction of sp³-hybridized carbons (Fsp3) is 0.385. The van der Waals surface area contributed by atoms with Crippen LogP contribution < -0.4 is 4.90 Å². The Hall–Kier alpha value is -4.10. The highest BCUT2D eigenvalue weighted by molar-refractivity contribution is 5.70. The van der Waals surface area contributed by atoms with E-state index in [9.17, 15) is 5.26 Å². The molecule has 2 aromatic rings. The molecule has 43 heavy (non-hydrogen) atoms. The zero-order valence-electron chi connectivity index (χ0n) is 25.7. The molecule has 0 radical (unpaired) electrons. The second kappa shape index (κ2) is 11.5. The lowest BCUT2D eigenvalue weighted by Crippen LogP contribution is -2.59. The number of fused-ring (bicyclic) bond motifs is 1. The van der Waals surface area contributed by atoms with Crippen LogP contribution in [0, 0.1) is 29.1 Å². The van der Waals surface area contributed by atoms with Crippen LogP contribution in [0.15, 0.2) is 114 Å². The molecule has 4 aliphatic carbocycles. The zero-order valence-corrected chi connectivity index (χ0v) is 25.7. The van der Waals surface area contributed by atoms with E-state index in [0.29, 0.717) is 41.4 Å². The Morgan fingerprint density at radius 2 is 1.60 bits per heavy atom. The maximum atomic E-state index is 9.35. The van der Waals surface area contributed by atoms with Gasteiger partial charge < -0.3 is 9.80 Å². The fourth-order valence-electron chi connectivity index (χ4n) is 8.10. The van der Waals surface area contributed by atoms with Crippen LogP contribution in [0.5, 0.6) is 0 Å². The van der Waals surface area contributed by atoms with Crippen LogP contribution in [-0.4, -0.2) is 28.0 Å². The van der Waals surface area contributed by atoms with Gasteiger partial charge in [0, 0.05) is 35.5 Å². The molecule has 1 aliphatic heterocycles. The number of hydrogen-bond donors (Lipinski definition) is 0. The van der Waals surface area contributed by atoms with Gasteiger partial charge in [0.05, 0.1) is 17.6 Å². The Labute approximate surface area is 257 Å². The van der Waals surface area contributed by atoms with Gasteiger partial charge in [0.2, 0.25) is 0 Å². The molecule has 0 saturated heterocycles. The van der Waals surface area contributed by atoms with Crippen molar-refractivity contribution in [2.45, 2.75) is 77.4 Å². The predicted octanol–water partition coefficient (Wildman–Crippen LogP) is 8.74. The van der Waals surface area contributed by atoms with Gasteiger partial charge in [0.15, 0.2) is 0 Å². The van der Waals surface area contributed by atoms with Gasteiger partial charge in [0.25, 0.3) is 0 Å². The average Bonchev–Trinajstić information content (AvgIpc) is 3.05. The Kier molecular flexibility index (Phi) is 7.43. The molecule has 0 amide bonds. The van der Waals surface area contributed by atoms with Crippen LogP contribution in [0.4, 0.5) is 5.69 Å². The minimum absolute atomic E-state index is 0.303. The lowest BCUT2D eigenvalue weighted by Gasteiger charge is -2.56. The molecule has 6 atom stereocenters.